The van der Waals surface area contributed by atoms with Gasteiger partial charge in [-0.05, 0) is 49.4 Å². The molecule has 0 atom stereocenters. The number of ether oxygens (including phenoxy) is 1. The van der Waals surface area contributed by atoms with Gasteiger partial charge in [0.1, 0.15) is 5.82 Å². The van der Waals surface area contributed by atoms with Crippen molar-refractivity contribution in [2.75, 3.05) is 30.8 Å². The van der Waals surface area contributed by atoms with Gasteiger partial charge in [0.25, 0.3) is 0 Å². The second kappa shape index (κ2) is 7.11. The van der Waals surface area contributed by atoms with E-state index in [0.717, 1.165) is 67.2 Å². The van der Waals surface area contributed by atoms with Crippen LogP contribution in [0, 0.1) is 5.92 Å². The fourth-order valence-corrected chi connectivity index (χ4v) is 3.39. The number of hydrogen-bond donors (Lipinski definition) is 2. The molecule has 1 aliphatic rings. The minimum atomic E-state index is 0.527. The molecule has 25 heavy (non-hydrogen) atoms. The van der Waals surface area contributed by atoms with E-state index in [2.05, 4.69) is 27.5 Å². The van der Waals surface area contributed by atoms with Crippen LogP contribution in [-0.2, 0) is 4.74 Å². The first-order valence-corrected chi connectivity index (χ1v) is 8.81. The molecule has 1 aliphatic heterocycles. The molecular formula is C19H23N5O. The Morgan fingerprint density at radius 1 is 1.24 bits per heavy atom. The van der Waals surface area contributed by atoms with Gasteiger partial charge in [-0.1, -0.05) is 0 Å². The normalized spacial score (nSPS) is 15.5. The van der Waals surface area contributed by atoms with Crippen molar-refractivity contribution in [2.45, 2.75) is 19.3 Å². The van der Waals surface area contributed by atoms with E-state index in [-0.39, 0.29) is 0 Å². The number of nitrogens with zero attached hydrogens (tertiary/aromatic N) is 3. The number of hydrogen-bond acceptors (Lipinski definition) is 5. The number of nitrogens with two attached hydrogens (primary N) is 1. The minimum Gasteiger partial charge on any atom is -0.384 e. The Morgan fingerprint density at radius 2 is 2.12 bits per heavy atom. The van der Waals surface area contributed by atoms with E-state index in [9.17, 15) is 0 Å². The SMILES string of the molecule is Nc1cc(NCCC2CCOCC2)c2ccc(-n3cccn3)cc2n1. The summed E-state index contributed by atoms with van der Waals surface area (Å²) in [5, 5.41) is 8.90. The van der Waals surface area contributed by atoms with Crippen LogP contribution in [0.5, 0.6) is 0 Å². The molecule has 4 rings (SSSR count). The van der Waals surface area contributed by atoms with Crippen LogP contribution in [0.25, 0.3) is 16.6 Å². The van der Waals surface area contributed by atoms with E-state index in [1.165, 1.54) is 0 Å². The molecule has 3 aromatic rings. The molecule has 6 heteroatoms. The van der Waals surface area contributed by atoms with Gasteiger partial charge < -0.3 is 15.8 Å². The first kappa shape index (κ1) is 15.9. The van der Waals surface area contributed by atoms with Crippen molar-refractivity contribution in [3.05, 3.63) is 42.7 Å². The zero-order valence-electron chi connectivity index (χ0n) is 14.2. The highest BCUT2D eigenvalue weighted by molar-refractivity contribution is 5.93. The lowest BCUT2D eigenvalue weighted by Gasteiger charge is -2.22. The van der Waals surface area contributed by atoms with Crippen molar-refractivity contribution in [2.24, 2.45) is 5.92 Å². The molecule has 1 aromatic carbocycles. The smallest absolute Gasteiger partial charge is 0.126 e. The highest BCUT2D eigenvalue weighted by Gasteiger charge is 2.13. The Kier molecular flexibility index (Phi) is 4.52. The van der Waals surface area contributed by atoms with Gasteiger partial charge in [-0.3, -0.25) is 0 Å². The summed E-state index contributed by atoms with van der Waals surface area (Å²) in [4.78, 5) is 4.48. The Labute approximate surface area is 147 Å². The number of rotatable bonds is 5. The van der Waals surface area contributed by atoms with Crippen LogP contribution < -0.4 is 11.1 Å². The number of benzene rings is 1. The molecule has 2 aromatic heterocycles. The molecule has 0 aliphatic carbocycles. The average Bonchev–Trinajstić information content (AvgIpc) is 3.16. The van der Waals surface area contributed by atoms with Crippen molar-refractivity contribution in [1.82, 2.24) is 14.8 Å². The zero-order chi connectivity index (χ0) is 17.1. The summed E-state index contributed by atoms with van der Waals surface area (Å²) in [5.41, 5.74) is 8.91. The van der Waals surface area contributed by atoms with Gasteiger partial charge in [0, 0.05) is 49.3 Å². The topological polar surface area (TPSA) is 78.0 Å². The lowest BCUT2D eigenvalue weighted by atomic mass is 9.96. The van der Waals surface area contributed by atoms with Crippen molar-refractivity contribution >= 4 is 22.4 Å². The van der Waals surface area contributed by atoms with Crippen LogP contribution >= 0.6 is 0 Å². The standard InChI is InChI=1S/C19H23N5O/c20-19-13-17(21-8-4-14-5-10-25-11-6-14)16-3-2-15(12-18(16)23-19)24-9-1-7-22-24/h1-3,7,9,12-14H,4-6,8,10-11H2,(H3,20,21,23). The number of nitrogen functional groups attached to an aromatic ring is 1. The maximum atomic E-state index is 6.02. The summed E-state index contributed by atoms with van der Waals surface area (Å²) in [6, 6.07) is 9.97. The Hall–Kier alpha value is -2.60. The second-order valence-corrected chi connectivity index (χ2v) is 6.52. The predicted octanol–water partition coefficient (Wildman–Crippen LogP) is 3.23. The lowest BCUT2D eigenvalue weighted by molar-refractivity contribution is 0.0649. The summed E-state index contributed by atoms with van der Waals surface area (Å²) in [7, 11) is 0. The molecule has 6 nitrogen and oxygen atoms in total. The largest absolute Gasteiger partial charge is 0.384 e. The third-order valence-corrected chi connectivity index (χ3v) is 4.79. The number of nitrogens with one attached hydrogen (secondary N) is 1. The fourth-order valence-electron chi connectivity index (χ4n) is 3.39. The quantitative estimate of drug-likeness (QED) is 0.747. The monoisotopic (exact) mass is 337 g/mol. The van der Waals surface area contributed by atoms with Crippen LogP contribution in [0.15, 0.2) is 42.7 Å². The van der Waals surface area contributed by atoms with Gasteiger partial charge in [-0.25, -0.2) is 9.67 Å². The van der Waals surface area contributed by atoms with E-state index < -0.39 is 0 Å². The van der Waals surface area contributed by atoms with Gasteiger partial charge in [0.2, 0.25) is 0 Å². The van der Waals surface area contributed by atoms with E-state index in [0.29, 0.717) is 5.82 Å². The Bertz CT molecular complexity index is 840. The van der Waals surface area contributed by atoms with Gasteiger partial charge in [0.05, 0.1) is 11.2 Å². The third kappa shape index (κ3) is 3.58. The van der Waals surface area contributed by atoms with Crippen LogP contribution in [0.3, 0.4) is 0 Å². The number of fused-ring (bicyclic) bond motifs is 1. The summed E-state index contributed by atoms with van der Waals surface area (Å²) in [6.07, 6.45) is 7.15. The molecule has 0 amide bonds. The summed E-state index contributed by atoms with van der Waals surface area (Å²) in [6.45, 7) is 2.72. The summed E-state index contributed by atoms with van der Waals surface area (Å²) in [5.74, 6) is 1.27. The van der Waals surface area contributed by atoms with E-state index in [1.807, 2.05) is 29.1 Å². The molecule has 1 saturated heterocycles. The molecule has 0 radical (unpaired) electrons. The summed E-state index contributed by atoms with van der Waals surface area (Å²) >= 11 is 0. The molecule has 0 saturated carbocycles. The minimum absolute atomic E-state index is 0.527. The zero-order valence-corrected chi connectivity index (χ0v) is 14.2. The average molecular weight is 337 g/mol. The molecule has 3 N–H and O–H groups in total. The number of anilines is 2. The first-order valence-electron chi connectivity index (χ1n) is 8.81. The fraction of sp³-hybridized carbons (Fsp3) is 0.368. The molecule has 0 unspecified atom stereocenters. The number of aromatic nitrogens is 3. The maximum Gasteiger partial charge on any atom is 0.126 e. The molecule has 130 valence electrons. The van der Waals surface area contributed by atoms with Gasteiger partial charge in [-0.2, -0.15) is 5.10 Å². The van der Waals surface area contributed by atoms with Crippen molar-refractivity contribution in [1.29, 1.82) is 0 Å². The van der Waals surface area contributed by atoms with E-state index in [4.69, 9.17) is 10.5 Å². The van der Waals surface area contributed by atoms with Crippen LogP contribution in [0.1, 0.15) is 19.3 Å². The van der Waals surface area contributed by atoms with Gasteiger partial charge >= 0.3 is 0 Å². The molecule has 0 bridgehead atoms. The first-order chi connectivity index (χ1) is 12.3. The Balaban J connectivity index is 1.53. The van der Waals surface area contributed by atoms with Crippen molar-refractivity contribution in [3.8, 4) is 5.69 Å². The predicted molar refractivity (Wildman–Crippen MR) is 99.9 cm³/mol. The van der Waals surface area contributed by atoms with Crippen molar-refractivity contribution in [3.63, 3.8) is 0 Å². The lowest BCUT2D eigenvalue weighted by Crippen LogP contribution is -2.18. The summed E-state index contributed by atoms with van der Waals surface area (Å²) < 4.78 is 7.25. The van der Waals surface area contributed by atoms with Crippen LogP contribution in [-0.4, -0.2) is 34.5 Å². The Morgan fingerprint density at radius 3 is 2.92 bits per heavy atom. The van der Waals surface area contributed by atoms with E-state index >= 15 is 0 Å². The molecule has 1 fully saturated rings. The van der Waals surface area contributed by atoms with Crippen LogP contribution in [0.4, 0.5) is 11.5 Å². The highest BCUT2D eigenvalue weighted by atomic mass is 16.5. The maximum absolute atomic E-state index is 6.02. The number of pyridine rings is 1. The molecular weight excluding hydrogens is 314 g/mol. The van der Waals surface area contributed by atoms with Crippen molar-refractivity contribution < 1.29 is 4.74 Å². The van der Waals surface area contributed by atoms with Gasteiger partial charge in [0.15, 0.2) is 0 Å². The third-order valence-electron chi connectivity index (χ3n) is 4.79. The van der Waals surface area contributed by atoms with Gasteiger partial charge in [-0.15, -0.1) is 0 Å². The van der Waals surface area contributed by atoms with E-state index in [1.54, 1.807) is 6.20 Å². The molecule has 0 spiro atoms. The molecule has 3 heterocycles. The van der Waals surface area contributed by atoms with Crippen LogP contribution in [0.2, 0.25) is 0 Å². The second-order valence-electron chi connectivity index (χ2n) is 6.52. The highest BCUT2D eigenvalue weighted by Crippen LogP contribution is 2.27.